The highest BCUT2D eigenvalue weighted by Crippen LogP contribution is 2.20. The zero-order chi connectivity index (χ0) is 25.2. The fourth-order valence-corrected chi connectivity index (χ4v) is 4.31. The molecule has 2 aromatic carbocycles. The molecule has 0 aliphatic carbocycles. The van der Waals surface area contributed by atoms with Crippen molar-refractivity contribution in [1.29, 1.82) is 0 Å². The van der Waals surface area contributed by atoms with Crippen molar-refractivity contribution in [3.05, 3.63) is 93.6 Å². The maximum absolute atomic E-state index is 12.7. The van der Waals surface area contributed by atoms with Gasteiger partial charge in [0.25, 0.3) is 5.91 Å². The molecule has 1 heterocycles. The Labute approximate surface area is 213 Å². The van der Waals surface area contributed by atoms with Gasteiger partial charge in [-0.05, 0) is 64.2 Å². The monoisotopic (exact) mass is 537 g/mol. The van der Waals surface area contributed by atoms with Crippen molar-refractivity contribution in [2.45, 2.75) is 38.6 Å². The first-order valence-corrected chi connectivity index (χ1v) is 12.2. The number of aromatic nitrogens is 1. The van der Waals surface area contributed by atoms with Crippen LogP contribution in [0.5, 0.6) is 0 Å². The number of benzene rings is 2. The Hall–Kier alpha value is -3.52. The van der Waals surface area contributed by atoms with E-state index in [1.165, 1.54) is 0 Å². The zero-order valence-corrected chi connectivity index (χ0v) is 21.0. The van der Waals surface area contributed by atoms with Gasteiger partial charge in [-0.15, -0.1) is 0 Å². The highest BCUT2D eigenvalue weighted by Gasteiger charge is 2.23. The van der Waals surface area contributed by atoms with E-state index in [9.17, 15) is 19.5 Å². The number of hydrogen-bond acceptors (Lipinski definition) is 5. The van der Waals surface area contributed by atoms with Crippen LogP contribution in [0.3, 0.4) is 0 Å². The molecule has 3 N–H and O–H groups in total. The summed E-state index contributed by atoms with van der Waals surface area (Å²) in [6.45, 7) is 2.47. The average molecular weight is 538 g/mol. The minimum atomic E-state index is -1.11. The van der Waals surface area contributed by atoms with Crippen LogP contribution in [0.2, 0.25) is 0 Å². The second-order valence-electron chi connectivity index (χ2n) is 8.28. The van der Waals surface area contributed by atoms with Gasteiger partial charge in [0, 0.05) is 36.5 Å². The summed E-state index contributed by atoms with van der Waals surface area (Å²) in [5, 5.41) is 15.4. The summed E-state index contributed by atoms with van der Waals surface area (Å²) in [7, 11) is 0. The van der Waals surface area contributed by atoms with Gasteiger partial charge in [0.1, 0.15) is 17.6 Å². The lowest BCUT2D eigenvalue weighted by atomic mass is 10.0. The maximum Gasteiger partial charge on any atom is 0.326 e. The number of carbonyl (C=O) groups excluding carboxylic acids is 2. The number of ketones is 1. The van der Waals surface area contributed by atoms with Gasteiger partial charge in [-0.3, -0.25) is 9.59 Å². The smallest absolute Gasteiger partial charge is 0.326 e. The molecule has 1 atom stereocenters. The molecule has 3 aromatic rings. The summed E-state index contributed by atoms with van der Waals surface area (Å²) < 4.78 is 0.612. The highest BCUT2D eigenvalue weighted by atomic mass is 79.9. The zero-order valence-electron chi connectivity index (χ0n) is 19.5. The molecule has 0 aliphatic heterocycles. The molecular formula is C27H28BrN3O4. The molecule has 0 saturated carbocycles. The summed E-state index contributed by atoms with van der Waals surface area (Å²) in [6.07, 6.45) is 3.35. The SMILES string of the molecule is Cc1cccc(Br)c1C(=O)N[C@@H](Cc1ccc(CC(=O)CCCNc2ccccn2)cc1)C(=O)O. The van der Waals surface area contributed by atoms with Crippen LogP contribution in [0.4, 0.5) is 5.82 Å². The summed E-state index contributed by atoms with van der Waals surface area (Å²) in [6, 6.07) is 17.2. The molecule has 3 rings (SSSR count). The lowest BCUT2D eigenvalue weighted by molar-refractivity contribution is -0.139. The van der Waals surface area contributed by atoms with E-state index in [2.05, 4.69) is 31.5 Å². The third kappa shape index (κ3) is 8.03. The van der Waals surface area contributed by atoms with Gasteiger partial charge in [0.2, 0.25) is 0 Å². The Balaban J connectivity index is 1.49. The Morgan fingerprint density at radius 2 is 1.74 bits per heavy atom. The predicted molar refractivity (Wildman–Crippen MR) is 139 cm³/mol. The van der Waals surface area contributed by atoms with Crippen LogP contribution in [-0.2, 0) is 22.4 Å². The lowest BCUT2D eigenvalue weighted by Crippen LogP contribution is -2.42. The Kier molecular flexibility index (Phi) is 9.55. The van der Waals surface area contributed by atoms with Crippen molar-refractivity contribution >= 4 is 39.4 Å². The third-order valence-electron chi connectivity index (χ3n) is 5.52. The van der Waals surface area contributed by atoms with Crippen molar-refractivity contribution in [3.63, 3.8) is 0 Å². The molecule has 0 saturated heterocycles. The molecule has 1 aromatic heterocycles. The number of pyridine rings is 1. The largest absolute Gasteiger partial charge is 0.480 e. The Morgan fingerprint density at radius 3 is 2.40 bits per heavy atom. The molecule has 0 fully saturated rings. The van der Waals surface area contributed by atoms with E-state index in [-0.39, 0.29) is 12.2 Å². The van der Waals surface area contributed by atoms with Crippen molar-refractivity contribution in [2.24, 2.45) is 0 Å². The predicted octanol–water partition coefficient (Wildman–Crippen LogP) is 4.58. The van der Waals surface area contributed by atoms with Gasteiger partial charge in [-0.2, -0.15) is 0 Å². The van der Waals surface area contributed by atoms with Gasteiger partial charge >= 0.3 is 5.97 Å². The number of aryl methyl sites for hydroxylation is 1. The molecule has 0 unspecified atom stereocenters. The molecule has 35 heavy (non-hydrogen) atoms. The fraction of sp³-hybridized carbons (Fsp3) is 0.259. The first-order valence-electron chi connectivity index (χ1n) is 11.4. The lowest BCUT2D eigenvalue weighted by Gasteiger charge is -2.16. The number of carboxylic acid groups (broad SMARTS) is 1. The normalized spacial score (nSPS) is 11.5. The number of carbonyl (C=O) groups is 3. The summed E-state index contributed by atoms with van der Waals surface area (Å²) >= 11 is 3.36. The second kappa shape index (κ2) is 12.8. The number of Topliss-reactive ketones (excluding diaryl/α,β-unsaturated/α-hetero) is 1. The summed E-state index contributed by atoms with van der Waals surface area (Å²) in [4.78, 5) is 41.0. The van der Waals surface area contributed by atoms with Crippen molar-refractivity contribution in [2.75, 3.05) is 11.9 Å². The van der Waals surface area contributed by atoms with E-state index in [1.54, 1.807) is 37.4 Å². The van der Waals surface area contributed by atoms with Crippen LogP contribution >= 0.6 is 15.9 Å². The molecule has 182 valence electrons. The van der Waals surface area contributed by atoms with Crippen LogP contribution < -0.4 is 10.6 Å². The Morgan fingerprint density at radius 1 is 1.00 bits per heavy atom. The van der Waals surface area contributed by atoms with E-state index in [0.717, 1.165) is 22.5 Å². The van der Waals surface area contributed by atoms with Gasteiger partial charge in [-0.25, -0.2) is 9.78 Å². The van der Waals surface area contributed by atoms with Crippen molar-refractivity contribution in [3.8, 4) is 0 Å². The topological polar surface area (TPSA) is 108 Å². The molecule has 0 spiro atoms. The molecule has 0 radical (unpaired) electrons. The van der Waals surface area contributed by atoms with Crippen LogP contribution in [0.1, 0.15) is 39.9 Å². The van der Waals surface area contributed by atoms with Crippen LogP contribution in [0.15, 0.2) is 71.3 Å². The quantitative estimate of drug-likeness (QED) is 0.292. The first-order chi connectivity index (χ1) is 16.8. The maximum atomic E-state index is 12.7. The van der Waals surface area contributed by atoms with Gasteiger partial charge in [0.15, 0.2) is 0 Å². The van der Waals surface area contributed by atoms with Crippen LogP contribution in [-0.4, -0.2) is 40.3 Å². The number of amides is 1. The summed E-state index contributed by atoms with van der Waals surface area (Å²) in [5.41, 5.74) is 2.80. The number of carboxylic acids is 1. The first kappa shape index (κ1) is 26.1. The second-order valence-corrected chi connectivity index (χ2v) is 9.13. The van der Waals surface area contributed by atoms with Crippen LogP contribution in [0.25, 0.3) is 0 Å². The number of nitrogens with one attached hydrogen (secondary N) is 2. The number of hydrogen-bond donors (Lipinski definition) is 3. The molecular weight excluding hydrogens is 510 g/mol. The third-order valence-corrected chi connectivity index (χ3v) is 6.18. The van der Waals surface area contributed by atoms with E-state index in [4.69, 9.17) is 0 Å². The standard InChI is InChI=1S/C27H28BrN3O4/c1-18-6-4-8-22(28)25(18)26(33)31-23(27(34)35)17-20-12-10-19(11-13-20)16-21(32)7-5-15-30-24-9-2-3-14-29-24/h2-4,6,8-14,23H,5,7,15-17H2,1H3,(H,29,30)(H,31,33)(H,34,35)/t23-/m0/s1. The number of nitrogens with zero attached hydrogens (tertiary/aromatic N) is 1. The van der Waals surface area contributed by atoms with E-state index in [0.29, 0.717) is 35.8 Å². The number of halogens is 1. The Bertz CT molecular complexity index is 1150. The van der Waals surface area contributed by atoms with E-state index in [1.807, 2.05) is 36.4 Å². The molecule has 8 heteroatoms. The number of aliphatic carboxylic acids is 1. The molecule has 0 bridgehead atoms. The minimum Gasteiger partial charge on any atom is -0.480 e. The van der Waals surface area contributed by atoms with E-state index >= 15 is 0 Å². The van der Waals surface area contributed by atoms with Gasteiger partial charge in [-0.1, -0.05) is 42.5 Å². The summed E-state index contributed by atoms with van der Waals surface area (Å²) in [5.74, 6) is -0.623. The van der Waals surface area contributed by atoms with Crippen LogP contribution in [0, 0.1) is 6.92 Å². The number of anilines is 1. The molecule has 1 amide bonds. The average Bonchev–Trinajstić information content (AvgIpc) is 2.83. The van der Waals surface area contributed by atoms with E-state index < -0.39 is 17.9 Å². The molecule has 7 nitrogen and oxygen atoms in total. The number of rotatable bonds is 12. The van der Waals surface area contributed by atoms with Gasteiger partial charge < -0.3 is 15.7 Å². The minimum absolute atomic E-state index is 0.137. The van der Waals surface area contributed by atoms with Crippen molar-refractivity contribution < 1.29 is 19.5 Å². The van der Waals surface area contributed by atoms with Gasteiger partial charge in [0.05, 0.1) is 5.56 Å². The fourth-order valence-electron chi connectivity index (χ4n) is 3.66. The molecule has 0 aliphatic rings. The van der Waals surface area contributed by atoms with Crippen molar-refractivity contribution in [1.82, 2.24) is 10.3 Å². The highest BCUT2D eigenvalue weighted by molar-refractivity contribution is 9.10.